The summed E-state index contributed by atoms with van der Waals surface area (Å²) in [6, 6.07) is 6.11. The zero-order valence-corrected chi connectivity index (χ0v) is 11.7. The van der Waals surface area contributed by atoms with Gasteiger partial charge in [0.1, 0.15) is 6.17 Å². The predicted octanol–water partition coefficient (Wildman–Crippen LogP) is 1.62. The summed E-state index contributed by atoms with van der Waals surface area (Å²) in [4.78, 5) is 2.12. The summed E-state index contributed by atoms with van der Waals surface area (Å²) < 4.78 is 1.05. The molecule has 0 aromatic heterocycles. The van der Waals surface area contributed by atoms with Crippen molar-refractivity contribution in [3.63, 3.8) is 0 Å². The van der Waals surface area contributed by atoms with Crippen LogP contribution in [0.25, 0.3) is 0 Å². The van der Waals surface area contributed by atoms with E-state index in [2.05, 4.69) is 32.0 Å². The second kappa shape index (κ2) is 5.16. The molecule has 0 saturated carbocycles. The average Bonchev–Trinajstić information content (AvgIpc) is 2.27. The molecule has 2 N–H and O–H groups in total. The monoisotopic (exact) mass is 296 g/mol. The molecule has 2 rings (SSSR count). The van der Waals surface area contributed by atoms with Crippen molar-refractivity contribution in [3.8, 4) is 0 Å². The molecule has 5 heteroatoms. The molecule has 1 heterocycles. The predicted molar refractivity (Wildman–Crippen MR) is 73.9 cm³/mol. The average molecular weight is 297 g/mol. The van der Waals surface area contributed by atoms with E-state index in [1.165, 1.54) is 0 Å². The Labute approximate surface area is 110 Å². The minimum absolute atomic E-state index is 0.150. The number of benzene rings is 1. The summed E-state index contributed by atoms with van der Waals surface area (Å²) in [5, 5.41) is 6.33. The number of nitrogens with two attached hydrogens (primary N) is 1. The molecule has 92 valence electrons. The molecule has 0 spiro atoms. The molecule has 4 nitrogen and oxygen atoms in total. The van der Waals surface area contributed by atoms with Crippen LogP contribution in [0.4, 0.5) is 0 Å². The summed E-state index contributed by atoms with van der Waals surface area (Å²) in [6.07, 6.45) is 1.72. The first kappa shape index (κ1) is 12.5. The number of fused-ring (bicyclic) bond motifs is 1. The maximum atomic E-state index is 6.21. The van der Waals surface area contributed by atoms with Gasteiger partial charge in [0.05, 0.1) is 12.8 Å². The smallest absolute Gasteiger partial charge is 0.120 e. The highest BCUT2D eigenvalue weighted by Crippen LogP contribution is 2.25. The van der Waals surface area contributed by atoms with Crippen LogP contribution in [0.5, 0.6) is 0 Å². The fraction of sp³-hybridized carbons (Fsp3) is 0.417. The zero-order valence-electron chi connectivity index (χ0n) is 10.1. The van der Waals surface area contributed by atoms with Crippen LogP contribution >= 0.6 is 15.9 Å². The van der Waals surface area contributed by atoms with E-state index in [4.69, 9.17) is 5.73 Å². The fourth-order valence-electron chi connectivity index (χ4n) is 1.79. The maximum absolute atomic E-state index is 6.21. The van der Waals surface area contributed by atoms with E-state index in [0.29, 0.717) is 0 Å². The molecule has 0 fully saturated rings. The lowest BCUT2D eigenvalue weighted by atomic mass is 10.0. The van der Waals surface area contributed by atoms with Crippen LogP contribution in [0.3, 0.4) is 0 Å². The summed E-state index contributed by atoms with van der Waals surface area (Å²) in [5.74, 6) is 0. The van der Waals surface area contributed by atoms with Crippen molar-refractivity contribution in [1.82, 2.24) is 9.91 Å². The van der Waals surface area contributed by atoms with Crippen molar-refractivity contribution in [2.45, 2.75) is 6.17 Å². The first-order valence-electron chi connectivity index (χ1n) is 5.58. The quantitative estimate of drug-likeness (QED) is 0.922. The van der Waals surface area contributed by atoms with Crippen molar-refractivity contribution < 1.29 is 0 Å². The lowest BCUT2D eigenvalue weighted by Gasteiger charge is -2.31. The van der Waals surface area contributed by atoms with Gasteiger partial charge in [0, 0.05) is 16.6 Å². The van der Waals surface area contributed by atoms with Gasteiger partial charge < -0.3 is 10.6 Å². The Balaban J connectivity index is 2.16. The first-order valence-corrected chi connectivity index (χ1v) is 6.37. The molecule has 1 aromatic carbocycles. The van der Waals surface area contributed by atoms with Crippen molar-refractivity contribution >= 4 is 22.1 Å². The van der Waals surface area contributed by atoms with Gasteiger partial charge in [0.15, 0.2) is 0 Å². The molecule has 0 aliphatic carbocycles. The van der Waals surface area contributed by atoms with Gasteiger partial charge in [-0.2, -0.15) is 5.10 Å². The number of likely N-dealkylation sites (N-methyl/N-ethyl adjacent to an activating group) is 1. The number of hydrogen-bond acceptors (Lipinski definition) is 4. The van der Waals surface area contributed by atoms with Crippen molar-refractivity contribution in [2.24, 2.45) is 10.8 Å². The van der Waals surface area contributed by atoms with Gasteiger partial charge in [-0.3, -0.25) is 5.01 Å². The SMILES string of the molecule is CN(C)CCN1N=Cc2cc(Br)ccc2C1N. The summed E-state index contributed by atoms with van der Waals surface area (Å²) >= 11 is 3.45. The Hall–Kier alpha value is -0.910. The molecule has 0 amide bonds. The Bertz CT molecular complexity index is 431. The third-order valence-electron chi connectivity index (χ3n) is 2.81. The Morgan fingerprint density at radius 1 is 1.47 bits per heavy atom. The molecule has 1 atom stereocenters. The van der Waals surface area contributed by atoms with Gasteiger partial charge in [-0.15, -0.1) is 0 Å². The van der Waals surface area contributed by atoms with Crippen molar-refractivity contribution in [1.29, 1.82) is 0 Å². The Morgan fingerprint density at radius 2 is 2.24 bits per heavy atom. The van der Waals surface area contributed by atoms with Crippen LogP contribution in [0.15, 0.2) is 27.8 Å². The number of nitrogens with zero attached hydrogens (tertiary/aromatic N) is 3. The van der Waals surface area contributed by atoms with Gasteiger partial charge >= 0.3 is 0 Å². The lowest BCUT2D eigenvalue weighted by molar-refractivity contribution is 0.187. The minimum atomic E-state index is -0.150. The first-order chi connectivity index (χ1) is 8.08. The topological polar surface area (TPSA) is 44.9 Å². The zero-order chi connectivity index (χ0) is 12.4. The number of halogens is 1. The lowest BCUT2D eigenvalue weighted by Crippen LogP contribution is -2.38. The van der Waals surface area contributed by atoms with Crippen LogP contribution < -0.4 is 5.73 Å². The Morgan fingerprint density at radius 3 is 2.94 bits per heavy atom. The summed E-state index contributed by atoms with van der Waals surface area (Å²) in [5.41, 5.74) is 8.42. The van der Waals surface area contributed by atoms with Gasteiger partial charge in [0.2, 0.25) is 0 Å². The number of hydrazone groups is 1. The molecule has 1 aliphatic rings. The summed E-state index contributed by atoms with van der Waals surface area (Å²) in [7, 11) is 4.09. The van der Waals surface area contributed by atoms with Gasteiger partial charge in [-0.25, -0.2) is 0 Å². The molecule has 0 radical (unpaired) electrons. The molecule has 1 aliphatic heterocycles. The third-order valence-corrected chi connectivity index (χ3v) is 3.30. The van der Waals surface area contributed by atoms with E-state index in [1.54, 1.807) is 0 Å². The molecule has 1 unspecified atom stereocenters. The van der Waals surface area contributed by atoms with Crippen LogP contribution in [-0.2, 0) is 0 Å². The highest BCUT2D eigenvalue weighted by molar-refractivity contribution is 9.10. The third kappa shape index (κ3) is 2.86. The molecular formula is C12H17BrN4. The van der Waals surface area contributed by atoms with Gasteiger partial charge in [-0.05, 0) is 31.8 Å². The standard InChI is InChI=1S/C12H17BrN4/c1-16(2)5-6-17-12(14)11-4-3-10(13)7-9(11)8-15-17/h3-4,7-8,12H,5-6,14H2,1-2H3. The van der Waals surface area contributed by atoms with Crippen LogP contribution in [0.2, 0.25) is 0 Å². The van der Waals surface area contributed by atoms with Crippen LogP contribution in [0, 0.1) is 0 Å². The largest absolute Gasteiger partial charge is 0.308 e. The van der Waals surface area contributed by atoms with Crippen LogP contribution in [-0.4, -0.2) is 43.3 Å². The van der Waals surface area contributed by atoms with Crippen LogP contribution in [0.1, 0.15) is 17.3 Å². The minimum Gasteiger partial charge on any atom is -0.308 e. The molecule has 0 bridgehead atoms. The van der Waals surface area contributed by atoms with E-state index in [0.717, 1.165) is 28.7 Å². The van der Waals surface area contributed by atoms with E-state index >= 15 is 0 Å². The van der Waals surface area contributed by atoms with Crippen molar-refractivity contribution in [2.75, 3.05) is 27.2 Å². The second-order valence-corrected chi connectivity index (χ2v) is 5.34. The number of hydrogen-bond donors (Lipinski definition) is 1. The normalized spacial score (nSPS) is 18.6. The maximum Gasteiger partial charge on any atom is 0.120 e. The molecule has 1 aromatic rings. The fourth-order valence-corrected chi connectivity index (χ4v) is 2.17. The second-order valence-electron chi connectivity index (χ2n) is 4.43. The molecule has 17 heavy (non-hydrogen) atoms. The highest BCUT2D eigenvalue weighted by atomic mass is 79.9. The van der Waals surface area contributed by atoms with Gasteiger partial charge in [0.25, 0.3) is 0 Å². The van der Waals surface area contributed by atoms with E-state index < -0.39 is 0 Å². The highest BCUT2D eigenvalue weighted by Gasteiger charge is 2.20. The molecule has 0 saturated heterocycles. The van der Waals surface area contributed by atoms with E-state index in [9.17, 15) is 0 Å². The number of rotatable bonds is 3. The Kier molecular flexibility index (Phi) is 3.81. The van der Waals surface area contributed by atoms with Crippen molar-refractivity contribution in [3.05, 3.63) is 33.8 Å². The van der Waals surface area contributed by atoms with Gasteiger partial charge in [-0.1, -0.05) is 22.0 Å². The summed E-state index contributed by atoms with van der Waals surface area (Å²) in [6.45, 7) is 1.77. The van der Waals surface area contributed by atoms with E-state index in [1.807, 2.05) is 37.5 Å². The van der Waals surface area contributed by atoms with E-state index in [-0.39, 0.29) is 6.17 Å². The molecular weight excluding hydrogens is 280 g/mol.